The van der Waals surface area contributed by atoms with E-state index >= 15 is 0 Å². The average molecular weight is 457 g/mol. The number of anilines is 2. The minimum atomic E-state index is 0.193. The van der Waals surface area contributed by atoms with E-state index in [1.54, 1.807) is 0 Å². The first-order chi connectivity index (χ1) is 16.7. The van der Waals surface area contributed by atoms with E-state index in [0.717, 1.165) is 48.0 Å². The molecular weight excluding hydrogens is 424 g/mol. The van der Waals surface area contributed by atoms with Crippen molar-refractivity contribution in [2.45, 2.75) is 51.6 Å². The zero-order chi connectivity index (χ0) is 23.1. The maximum Gasteiger partial charge on any atom is 0.230 e. The van der Waals surface area contributed by atoms with Crippen LogP contribution in [0.1, 0.15) is 49.9 Å². The molecule has 0 amide bonds. The standard InChI is InChI=1S/C27H32N6O/c1-18-6-9-20(10-7-18)33-24-5-3-2-4-21(24)22-16-28-27(31-26(22)33)30-25-11-8-19-17-32(14-15-34)13-12-23(19)29-25/h2-5,8,11,16,18,20,34H,6-7,9-10,12-15,17H2,1H3,(H,28,29,30,31). The summed E-state index contributed by atoms with van der Waals surface area (Å²) in [6.45, 7) is 5.03. The molecule has 2 aliphatic rings. The quantitative estimate of drug-likeness (QED) is 0.448. The van der Waals surface area contributed by atoms with Crippen molar-refractivity contribution in [3.8, 4) is 0 Å². The van der Waals surface area contributed by atoms with Crippen molar-refractivity contribution in [1.29, 1.82) is 0 Å². The van der Waals surface area contributed by atoms with Gasteiger partial charge in [0.1, 0.15) is 11.5 Å². The third-order valence-corrected chi connectivity index (χ3v) is 7.58. The molecule has 0 spiro atoms. The van der Waals surface area contributed by atoms with Crippen LogP contribution in [0, 0.1) is 5.92 Å². The van der Waals surface area contributed by atoms with Crippen molar-refractivity contribution in [1.82, 2.24) is 24.4 Å². The van der Waals surface area contributed by atoms with Crippen LogP contribution in [0.4, 0.5) is 11.8 Å². The molecule has 176 valence electrons. The smallest absolute Gasteiger partial charge is 0.230 e. The highest BCUT2D eigenvalue weighted by molar-refractivity contribution is 6.06. The molecule has 0 unspecified atom stereocenters. The van der Waals surface area contributed by atoms with Gasteiger partial charge in [-0.05, 0) is 49.3 Å². The largest absolute Gasteiger partial charge is 0.395 e. The fraction of sp³-hybridized carbons (Fsp3) is 0.444. The van der Waals surface area contributed by atoms with E-state index in [1.807, 2.05) is 12.3 Å². The fourth-order valence-corrected chi connectivity index (χ4v) is 5.69. The van der Waals surface area contributed by atoms with Gasteiger partial charge in [0.15, 0.2) is 0 Å². The minimum absolute atomic E-state index is 0.193. The minimum Gasteiger partial charge on any atom is -0.395 e. The van der Waals surface area contributed by atoms with Gasteiger partial charge in [-0.2, -0.15) is 4.98 Å². The van der Waals surface area contributed by atoms with Crippen LogP contribution in [-0.2, 0) is 13.0 Å². The number of fused-ring (bicyclic) bond motifs is 4. The van der Waals surface area contributed by atoms with Crippen LogP contribution in [0.3, 0.4) is 0 Å². The molecule has 0 bridgehead atoms. The number of rotatable bonds is 5. The molecule has 1 aromatic carbocycles. The summed E-state index contributed by atoms with van der Waals surface area (Å²) in [5, 5.41) is 14.9. The molecule has 4 aromatic rings. The lowest BCUT2D eigenvalue weighted by atomic mass is 9.87. The van der Waals surface area contributed by atoms with Gasteiger partial charge >= 0.3 is 0 Å². The molecule has 1 saturated carbocycles. The monoisotopic (exact) mass is 456 g/mol. The zero-order valence-corrected chi connectivity index (χ0v) is 19.7. The van der Waals surface area contributed by atoms with Crippen LogP contribution >= 0.6 is 0 Å². The Morgan fingerprint density at radius 2 is 1.88 bits per heavy atom. The molecule has 1 aliphatic carbocycles. The Morgan fingerprint density at radius 3 is 2.74 bits per heavy atom. The maximum atomic E-state index is 9.23. The third kappa shape index (κ3) is 3.93. The highest BCUT2D eigenvalue weighted by atomic mass is 16.3. The first-order valence-electron chi connectivity index (χ1n) is 12.5. The number of aliphatic hydroxyl groups is 1. The third-order valence-electron chi connectivity index (χ3n) is 7.58. The second-order valence-electron chi connectivity index (χ2n) is 9.91. The van der Waals surface area contributed by atoms with E-state index in [1.165, 1.54) is 42.1 Å². The Labute approximate surface area is 199 Å². The van der Waals surface area contributed by atoms with E-state index in [4.69, 9.17) is 9.97 Å². The van der Waals surface area contributed by atoms with Gasteiger partial charge in [-0.15, -0.1) is 0 Å². The Bertz CT molecular complexity index is 1320. The average Bonchev–Trinajstić information content (AvgIpc) is 3.18. The summed E-state index contributed by atoms with van der Waals surface area (Å²) < 4.78 is 2.46. The number of para-hydroxylation sites is 1. The summed E-state index contributed by atoms with van der Waals surface area (Å²) in [6, 6.07) is 13.2. The lowest BCUT2D eigenvalue weighted by molar-refractivity contribution is 0.183. The molecule has 0 atom stereocenters. The van der Waals surface area contributed by atoms with Crippen molar-refractivity contribution < 1.29 is 5.11 Å². The molecule has 3 aromatic heterocycles. The highest BCUT2D eigenvalue weighted by Gasteiger charge is 2.24. The maximum absolute atomic E-state index is 9.23. The van der Waals surface area contributed by atoms with Gasteiger partial charge in [0, 0.05) is 54.8 Å². The SMILES string of the molecule is CC1CCC(n2c3ccccc3c3cnc(Nc4ccc5c(n4)CCN(CCO)C5)nc32)CC1. The summed E-state index contributed by atoms with van der Waals surface area (Å²) in [5.41, 5.74) is 4.61. The zero-order valence-electron chi connectivity index (χ0n) is 19.7. The number of nitrogens with one attached hydrogen (secondary N) is 1. The Balaban J connectivity index is 1.33. The van der Waals surface area contributed by atoms with Gasteiger partial charge < -0.3 is 15.0 Å². The van der Waals surface area contributed by atoms with E-state index < -0.39 is 0 Å². The van der Waals surface area contributed by atoms with Crippen LogP contribution < -0.4 is 5.32 Å². The van der Waals surface area contributed by atoms with Crippen LogP contribution in [-0.4, -0.2) is 49.2 Å². The van der Waals surface area contributed by atoms with E-state index in [2.05, 4.69) is 57.0 Å². The molecule has 1 fully saturated rings. The lowest BCUT2D eigenvalue weighted by Crippen LogP contribution is -2.33. The van der Waals surface area contributed by atoms with E-state index in [-0.39, 0.29) is 6.61 Å². The predicted octanol–water partition coefficient (Wildman–Crippen LogP) is 4.82. The van der Waals surface area contributed by atoms with Crippen molar-refractivity contribution in [2.24, 2.45) is 5.92 Å². The number of aliphatic hydroxyl groups excluding tert-OH is 1. The molecule has 6 rings (SSSR count). The predicted molar refractivity (Wildman–Crippen MR) is 135 cm³/mol. The molecule has 0 saturated heterocycles. The van der Waals surface area contributed by atoms with Crippen molar-refractivity contribution in [2.75, 3.05) is 25.0 Å². The van der Waals surface area contributed by atoms with Gasteiger partial charge in [0.25, 0.3) is 0 Å². The van der Waals surface area contributed by atoms with Crippen LogP contribution in [0.25, 0.3) is 21.9 Å². The Kier molecular flexibility index (Phi) is 5.67. The number of benzene rings is 1. The molecule has 7 nitrogen and oxygen atoms in total. The summed E-state index contributed by atoms with van der Waals surface area (Å²) in [4.78, 5) is 16.8. The van der Waals surface area contributed by atoms with E-state index in [0.29, 0.717) is 18.5 Å². The Hall–Kier alpha value is -3.03. The second kappa shape index (κ2) is 8.96. The number of hydrogen-bond donors (Lipinski definition) is 2. The topological polar surface area (TPSA) is 79.1 Å². The van der Waals surface area contributed by atoms with Crippen molar-refractivity contribution in [3.63, 3.8) is 0 Å². The molecule has 2 N–H and O–H groups in total. The molecular formula is C27H32N6O. The van der Waals surface area contributed by atoms with Crippen molar-refractivity contribution in [3.05, 3.63) is 53.9 Å². The molecule has 4 heterocycles. The summed E-state index contributed by atoms with van der Waals surface area (Å²) in [5.74, 6) is 2.18. The first kappa shape index (κ1) is 21.5. The molecule has 7 heteroatoms. The van der Waals surface area contributed by atoms with Crippen LogP contribution in [0.5, 0.6) is 0 Å². The van der Waals surface area contributed by atoms with Gasteiger partial charge in [0.05, 0.1) is 12.1 Å². The summed E-state index contributed by atoms with van der Waals surface area (Å²) in [7, 11) is 0. The normalized spacial score (nSPS) is 21.1. The molecule has 34 heavy (non-hydrogen) atoms. The summed E-state index contributed by atoms with van der Waals surface area (Å²) in [6.07, 6.45) is 7.77. The number of β-amino-alcohol motifs (C(OH)–C–C–N with tert-alkyl or cyclic N) is 1. The van der Waals surface area contributed by atoms with Gasteiger partial charge in [-0.25, -0.2) is 9.97 Å². The Morgan fingerprint density at radius 1 is 1.03 bits per heavy atom. The van der Waals surface area contributed by atoms with E-state index in [9.17, 15) is 5.11 Å². The number of hydrogen-bond acceptors (Lipinski definition) is 6. The second-order valence-corrected chi connectivity index (χ2v) is 9.91. The first-order valence-corrected chi connectivity index (χ1v) is 12.5. The van der Waals surface area contributed by atoms with Crippen LogP contribution in [0.2, 0.25) is 0 Å². The molecule has 0 radical (unpaired) electrons. The fourth-order valence-electron chi connectivity index (χ4n) is 5.69. The van der Waals surface area contributed by atoms with Crippen molar-refractivity contribution >= 4 is 33.7 Å². The van der Waals surface area contributed by atoms with Gasteiger partial charge in [-0.3, -0.25) is 4.90 Å². The number of pyridine rings is 1. The van der Waals surface area contributed by atoms with Gasteiger partial charge in [0.2, 0.25) is 5.95 Å². The molecule has 1 aliphatic heterocycles. The van der Waals surface area contributed by atoms with Gasteiger partial charge in [-0.1, -0.05) is 31.2 Å². The lowest BCUT2D eigenvalue weighted by Gasteiger charge is -2.28. The number of nitrogens with zero attached hydrogens (tertiary/aromatic N) is 5. The highest BCUT2D eigenvalue weighted by Crippen LogP contribution is 2.38. The number of aromatic nitrogens is 4. The van der Waals surface area contributed by atoms with Crippen LogP contribution in [0.15, 0.2) is 42.6 Å². The summed E-state index contributed by atoms with van der Waals surface area (Å²) >= 11 is 0.